The van der Waals surface area contributed by atoms with Gasteiger partial charge in [-0.05, 0) is 44.9 Å². The van der Waals surface area contributed by atoms with E-state index in [1.54, 1.807) is 0 Å². The molecule has 0 bridgehead atoms. The van der Waals surface area contributed by atoms with Gasteiger partial charge in [-0.1, -0.05) is 333 Å². The molecule has 74 heavy (non-hydrogen) atoms. The summed E-state index contributed by atoms with van der Waals surface area (Å²) >= 11 is 0. The number of ether oxygens (including phenoxy) is 3. The van der Waals surface area contributed by atoms with Crippen molar-refractivity contribution in [3.63, 3.8) is 0 Å². The number of hydrogen-bond acceptors (Lipinski definition) is 6. The minimum atomic E-state index is -0.799. The molecule has 0 aliphatic heterocycles. The number of hydrogen-bond donors (Lipinski definition) is 0. The Kier molecular flexibility index (Phi) is 60.7. The summed E-state index contributed by atoms with van der Waals surface area (Å²) < 4.78 is 16.9. The van der Waals surface area contributed by atoms with Crippen molar-refractivity contribution < 1.29 is 28.6 Å². The fourth-order valence-corrected chi connectivity index (χ4v) is 9.76. The Labute approximate surface area is 460 Å². The molecule has 0 amide bonds. The number of rotatable bonds is 60. The molecular weight excluding hydrogens is 913 g/mol. The van der Waals surface area contributed by atoms with Gasteiger partial charge in [-0.25, -0.2) is 0 Å². The predicted molar refractivity (Wildman–Crippen MR) is 321 cm³/mol. The maximum atomic E-state index is 12.9. The van der Waals surface area contributed by atoms with Gasteiger partial charge in [0.2, 0.25) is 0 Å². The molecule has 0 aliphatic carbocycles. The summed E-state index contributed by atoms with van der Waals surface area (Å²) in [5.41, 5.74) is 0. The summed E-state index contributed by atoms with van der Waals surface area (Å²) in [5.74, 6) is -0.951. The highest BCUT2D eigenvalue weighted by molar-refractivity contribution is 5.71. The second-order valence-corrected chi connectivity index (χ2v) is 22.0. The molecule has 6 heteroatoms. The van der Waals surface area contributed by atoms with E-state index in [1.165, 1.54) is 238 Å². The van der Waals surface area contributed by atoms with Crippen LogP contribution in [0.5, 0.6) is 0 Å². The van der Waals surface area contributed by atoms with Crippen LogP contribution in [-0.2, 0) is 28.6 Å². The summed E-state index contributed by atoms with van der Waals surface area (Å²) in [7, 11) is 0. The van der Waals surface area contributed by atoms with Crippen LogP contribution >= 0.6 is 0 Å². The summed E-state index contributed by atoms with van der Waals surface area (Å²) in [6.07, 6.45) is 78.6. The van der Waals surface area contributed by atoms with Crippen molar-refractivity contribution >= 4 is 17.9 Å². The van der Waals surface area contributed by atoms with Crippen LogP contribution in [0, 0.1) is 0 Å². The van der Waals surface area contributed by atoms with Crippen LogP contribution in [0.4, 0.5) is 0 Å². The van der Waals surface area contributed by atoms with Crippen molar-refractivity contribution in [1.82, 2.24) is 0 Å². The highest BCUT2D eigenvalue weighted by Crippen LogP contribution is 2.18. The van der Waals surface area contributed by atoms with Gasteiger partial charge >= 0.3 is 17.9 Å². The third-order valence-electron chi connectivity index (χ3n) is 14.6. The molecule has 0 aromatic heterocycles. The zero-order chi connectivity index (χ0) is 53.6. The van der Waals surface area contributed by atoms with Crippen LogP contribution in [-0.4, -0.2) is 37.2 Å². The first-order valence-corrected chi connectivity index (χ1v) is 32.6. The number of allylic oxidation sites excluding steroid dienone is 8. The van der Waals surface area contributed by atoms with Gasteiger partial charge in [-0.3, -0.25) is 14.4 Å². The van der Waals surface area contributed by atoms with E-state index in [0.29, 0.717) is 19.3 Å². The normalized spacial score (nSPS) is 12.3. The molecule has 0 spiro atoms. The van der Waals surface area contributed by atoms with Crippen molar-refractivity contribution in [3.8, 4) is 0 Å². The van der Waals surface area contributed by atoms with Crippen LogP contribution in [0.25, 0.3) is 0 Å². The lowest BCUT2D eigenvalue weighted by atomic mass is 10.0. The standard InChI is InChI=1S/C68H124O6/c1-4-7-10-13-16-19-22-25-27-29-31-33-35-36-38-40-43-46-49-52-55-58-61-67(70)73-64-65(63-72-66(69)60-57-54-51-48-45-42-24-21-18-15-12-9-6-3)74-68(71)62-59-56-53-50-47-44-41-39-37-34-32-30-28-26-23-20-17-14-11-8-5-2/h9,12,18,21,42,45,51,54,65H,4-8,10-11,13-17,19-20,22-41,43-44,46-50,52-53,55-64H2,1-3H3/b12-9-,21-18-,45-42-,54-51-. The van der Waals surface area contributed by atoms with Gasteiger partial charge in [0, 0.05) is 19.3 Å². The second kappa shape index (κ2) is 62.9. The molecule has 0 heterocycles. The van der Waals surface area contributed by atoms with Gasteiger partial charge in [-0.15, -0.1) is 0 Å². The number of carbonyl (C=O) groups is 3. The first-order chi connectivity index (χ1) is 36.5. The van der Waals surface area contributed by atoms with Gasteiger partial charge in [0.1, 0.15) is 13.2 Å². The van der Waals surface area contributed by atoms with Crippen LogP contribution in [0.15, 0.2) is 48.6 Å². The zero-order valence-electron chi connectivity index (χ0n) is 49.6. The largest absolute Gasteiger partial charge is 0.462 e. The maximum absolute atomic E-state index is 12.9. The van der Waals surface area contributed by atoms with Gasteiger partial charge in [0.25, 0.3) is 0 Å². The molecular formula is C68H124O6. The Balaban J connectivity index is 4.29. The lowest BCUT2D eigenvalue weighted by Gasteiger charge is -2.18. The van der Waals surface area contributed by atoms with Crippen LogP contribution in [0.2, 0.25) is 0 Å². The van der Waals surface area contributed by atoms with E-state index in [4.69, 9.17) is 14.2 Å². The van der Waals surface area contributed by atoms with Crippen molar-refractivity contribution in [2.75, 3.05) is 13.2 Å². The minimum Gasteiger partial charge on any atom is -0.462 e. The van der Waals surface area contributed by atoms with E-state index < -0.39 is 6.10 Å². The quantitative estimate of drug-likeness (QED) is 0.0261. The molecule has 0 radical (unpaired) electrons. The lowest BCUT2D eigenvalue weighted by molar-refractivity contribution is -0.166. The van der Waals surface area contributed by atoms with Gasteiger partial charge < -0.3 is 14.2 Å². The molecule has 0 saturated heterocycles. The second-order valence-electron chi connectivity index (χ2n) is 22.0. The van der Waals surface area contributed by atoms with Crippen LogP contribution in [0.3, 0.4) is 0 Å². The summed E-state index contributed by atoms with van der Waals surface area (Å²) in [5, 5.41) is 0. The van der Waals surface area contributed by atoms with E-state index in [0.717, 1.165) is 64.2 Å². The molecule has 0 saturated carbocycles. The SMILES string of the molecule is CC/C=C\C/C=C\C/C=C\C/C=C\CCC(=O)OCC(COC(=O)CCCCCCCCCCCCCCCCCCCCCCCC)OC(=O)CCCCCCCCCCCCCCCCCCCCCCC. The topological polar surface area (TPSA) is 78.9 Å². The number of unbranched alkanes of at least 4 members (excludes halogenated alkanes) is 41. The molecule has 0 fully saturated rings. The molecule has 0 N–H and O–H groups in total. The lowest BCUT2D eigenvalue weighted by Crippen LogP contribution is -2.30. The van der Waals surface area contributed by atoms with E-state index in [1.807, 2.05) is 6.08 Å². The predicted octanol–water partition coefficient (Wildman–Crippen LogP) is 22.2. The van der Waals surface area contributed by atoms with Gasteiger partial charge in [0.15, 0.2) is 6.10 Å². The Morgan fingerprint density at radius 3 is 0.824 bits per heavy atom. The van der Waals surface area contributed by atoms with Crippen LogP contribution < -0.4 is 0 Å². The number of carbonyl (C=O) groups excluding carboxylic acids is 3. The van der Waals surface area contributed by atoms with Gasteiger partial charge in [0.05, 0.1) is 0 Å². The van der Waals surface area contributed by atoms with Crippen molar-refractivity contribution in [2.45, 2.75) is 354 Å². The van der Waals surface area contributed by atoms with Crippen molar-refractivity contribution in [2.24, 2.45) is 0 Å². The maximum Gasteiger partial charge on any atom is 0.306 e. The minimum absolute atomic E-state index is 0.0899. The monoisotopic (exact) mass is 1040 g/mol. The third-order valence-corrected chi connectivity index (χ3v) is 14.6. The zero-order valence-corrected chi connectivity index (χ0v) is 49.6. The molecule has 1 atom stereocenters. The Bertz CT molecular complexity index is 1280. The average Bonchev–Trinajstić information content (AvgIpc) is 3.40. The van der Waals surface area contributed by atoms with E-state index in [2.05, 4.69) is 63.3 Å². The van der Waals surface area contributed by atoms with Crippen molar-refractivity contribution in [3.05, 3.63) is 48.6 Å². The fourth-order valence-electron chi connectivity index (χ4n) is 9.76. The van der Waals surface area contributed by atoms with E-state index in [9.17, 15) is 14.4 Å². The van der Waals surface area contributed by atoms with E-state index >= 15 is 0 Å². The first-order valence-electron chi connectivity index (χ1n) is 32.6. The molecule has 0 aliphatic rings. The molecule has 1 unspecified atom stereocenters. The Morgan fingerprint density at radius 2 is 0.527 bits per heavy atom. The molecule has 432 valence electrons. The summed E-state index contributed by atoms with van der Waals surface area (Å²) in [6, 6.07) is 0. The average molecular weight is 1040 g/mol. The van der Waals surface area contributed by atoms with E-state index in [-0.39, 0.29) is 37.5 Å². The van der Waals surface area contributed by atoms with Crippen LogP contribution in [0.1, 0.15) is 348 Å². The molecule has 6 nitrogen and oxygen atoms in total. The molecule has 0 aromatic carbocycles. The Morgan fingerprint density at radius 1 is 0.284 bits per heavy atom. The van der Waals surface area contributed by atoms with Crippen molar-refractivity contribution in [1.29, 1.82) is 0 Å². The highest BCUT2D eigenvalue weighted by atomic mass is 16.6. The summed E-state index contributed by atoms with van der Waals surface area (Å²) in [6.45, 7) is 6.53. The molecule has 0 aromatic rings. The Hall–Kier alpha value is -2.63. The van der Waals surface area contributed by atoms with Gasteiger partial charge in [-0.2, -0.15) is 0 Å². The smallest absolute Gasteiger partial charge is 0.306 e. The molecule has 0 rings (SSSR count). The fraction of sp³-hybridized carbons (Fsp3) is 0.838. The number of esters is 3. The first kappa shape index (κ1) is 71.4. The highest BCUT2D eigenvalue weighted by Gasteiger charge is 2.19. The third kappa shape index (κ3) is 60.2. The summed E-state index contributed by atoms with van der Waals surface area (Å²) in [4.78, 5) is 38.3.